The average molecular weight is 924 g/mol. The summed E-state index contributed by atoms with van der Waals surface area (Å²) in [4.78, 5) is 2.36. The topological polar surface area (TPSA) is 119 Å². The molecule has 0 rings (SSSR count). The summed E-state index contributed by atoms with van der Waals surface area (Å²) in [5, 5.41) is 16.1. The Bertz CT molecular complexity index is 935. The minimum absolute atomic E-state index is 0.165. The van der Waals surface area contributed by atoms with Gasteiger partial charge in [-0.2, -0.15) is 0 Å². The van der Waals surface area contributed by atoms with Crippen LogP contribution in [0.4, 0.5) is 0 Å². The van der Waals surface area contributed by atoms with E-state index < -0.39 is 15.5 Å². The summed E-state index contributed by atoms with van der Waals surface area (Å²) in [6, 6.07) is 0. The zero-order chi connectivity index (χ0) is 45.3. The Balaban J connectivity index is 4.48. The maximum atomic E-state index is 13.6. The lowest BCUT2D eigenvalue weighted by molar-refractivity contribution is 0.180. The molecule has 10 nitrogen and oxygen atoms in total. The smallest absolute Gasteiger partial charge is 0.395 e. The Morgan fingerprint density at radius 3 is 0.871 bits per heavy atom. The molecule has 0 aliphatic carbocycles. The Morgan fingerprint density at radius 1 is 0.339 bits per heavy atom. The van der Waals surface area contributed by atoms with Crippen molar-refractivity contribution in [2.45, 2.75) is 259 Å². The molecule has 0 amide bonds. The molecule has 0 aromatic heterocycles. The number of hydrogen-bond acceptors (Lipinski definition) is 8. The molecule has 0 aromatic carbocycles. The van der Waals surface area contributed by atoms with Gasteiger partial charge < -0.3 is 10.0 Å². The van der Waals surface area contributed by atoms with Crippen molar-refractivity contribution in [3.63, 3.8) is 0 Å². The van der Waals surface area contributed by atoms with E-state index in [1.807, 2.05) is 0 Å². The van der Waals surface area contributed by atoms with Gasteiger partial charge in [-0.15, -0.1) is 0 Å². The van der Waals surface area contributed by atoms with Crippen LogP contribution >= 0.6 is 15.5 Å². The molecule has 0 saturated carbocycles. The second-order valence-corrected chi connectivity index (χ2v) is 21.7. The molecular formula is C50H107N3O7P2. The molecule has 0 bridgehead atoms. The Kier molecular flexibility index (Phi) is 49.2. The van der Waals surface area contributed by atoms with Crippen LogP contribution in [-0.2, 0) is 27.2 Å². The zero-order valence-electron chi connectivity index (χ0n) is 41.8. The number of aliphatic hydroxyl groups excluding tert-OH is 1. The third-order valence-corrected chi connectivity index (χ3v) is 15.2. The summed E-state index contributed by atoms with van der Waals surface area (Å²) in [7, 11) is -6.61. The lowest BCUT2D eigenvalue weighted by Crippen LogP contribution is -2.29. The van der Waals surface area contributed by atoms with Crippen LogP contribution in [0.5, 0.6) is 0 Å². The van der Waals surface area contributed by atoms with Gasteiger partial charge in [-0.05, 0) is 70.9 Å². The molecule has 3 N–H and O–H groups in total. The number of unbranched alkanes of at least 4 members (excludes halogenated alkanes) is 30. The van der Waals surface area contributed by atoms with Crippen LogP contribution in [0, 0.1) is 0 Å². The third-order valence-electron chi connectivity index (χ3n) is 11.9. The number of hydrogen-bond donors (Lipinski definition) is 3. The molecule has 0 spiro atoms. The van der Waals surface area contributed by atoms with Gasteiger partial charge in [-0.3, -0.25) is 18.1 Å². The van der Waals surface area contributed by atoms with E-state index in [1.54, 1.807) is 0 Å². The van der Waals surface area contributed by atoms with Crippen molar-refractivity contribution in [3.05, 3.63) is 0 Å². The van der Waals surface area contributed by atoms with Gasteiger partial charge in [0.2, 0.25) is 0 Å². The fourth-order valence-corrected chi connectivity index (χ4v) is 10.6. The monoisotopic (exact) mass is 924 g/mol. The molecule has 62 heavy (non-hydrogen) atoms. The van der Waals surface area contributed by atoms with Crippen molar-refractivity contribution in [2.75, 3.05) is 65.8 Å². The molecule has 0 radical (unpaired) electrons. The first-order valence-corrected chi connectivity index (χ1v) is 30.1. The van der Waals surface area contributed by atoms with E-state index in [1.165, 1.54) is 128 Å². The lowest BCUT2D eigenvalue weighted by Gasteiger charge is -2.22. The van der Waals surface area contributed by atoms with Crippen molar-refractivity contribution < 1.29 is 32.3 Å². The van der Waals surface area contributed by atoms with Gasteiger partial charge in [0.15, 0.2) is 0 Å². The Hall–Kier alpha value is 0.140. The van der Waals surface area contributed by atoms with Gasteiger partial charge in [0.05, 0.1) is 33.0 Å². The van der Waals surface area contributed by atoms with Crippen LogP contribution in [0.1, 0.15) is 259 Å². The van der Waals surface area contributed by atoms with Crippen molar-refractivity contribution >= 4 is 15.5 Å². The van der Waals surface area contributed by atoms with E-state index in [9.17, 15) is 14.2 Å². The molecular weight excluding hydrogens is 817 g/mol. The first kappa shape index (κ1) is 62.1. The molecule has 2 atom stereocenters. The maximum absolute atomic E-state index is 13.6. The second-order valence-electron chi connectivity index (χ2n) is 18.0. The zero-order valence-corrected chi connectivity index (χ0v) is 43.6. The molecule has 0 aromatic rings. The van der Waals surface area contributed by atoms with Crippen molar-refractivity contribution in [3.8, 4) is 0 Å². The van der Waals surface area contributed by atoms with Crippen molar-refractivity contribution in [1.29, 1.82) is 0 Å². The van der Waals surface area contributed by atoms with Gasteiger partial charge in [0, 0.05) is 19.6 Å². The van der Waals surface area contributed by atoms with Crippen LogP contribution in [-0.4, -0.2) is 75.8 Å². The van der Waals surface area contributed by atoms with Crippen molar-refractivity contribution in [1.82, 2.24) is 15.1 Å². The highest BCUT2D eigenvalue weighted by Gasteiger charge is 2.25. The molecule has 374 valence electrons. The molecule has 0 aliphatic heterocycles. The highest BCUT2D eigenvalue weighted by molar-refractivity contribution is 7.51. The van der Waals surface area contributed by atoms with Crippen LogP contribution in [0.25, 0.3) is 0 Å². The van der Waals surface area contributed by atoms with Gasteiger partial charge in [0.1, 0.15) is 0 Å². The van der Waals surface area contributed by atoms with Crippen LogP contribution in [0.2, 0.25) is 0 Å². The summed E-state index contributed by atoms with van der Waals surface area (Å²) in [5.41, 5.74) is 0. The van der Waals surface area contributed by atoms with E-state index in [2.05, 4.69) is 42.8 Å². The molecule has 0 aliphatic rings. The first-order valence-electron chi connectivity index (χ1n) is 27.0. The number of nitrogens with one attached hydrogen (secondary N) is 2. The van der Waals surface area contributed by atoms with Crippen LogP contribution in [0.3, 0.4) is 0 Å². The van der Waals surface area contributed by atoms with Gasteiger partial charge in [0.25, 0.3) is 0 Å². The minimum Gasteiger partial charge on any atom is -0.395 e. The maximum Gasteiger partial charge on any atom is 0.405 e. The van der Waals surface area contributed by atoms with Crippen LogP contribution < -0.4 is 10.2 Å². The quantitative estimate of drug-likeness (QED) is 0.0402. The molecule has 0 saturated heterocycles. The molecule has 12 heteroatoms. The van der Waals surface area contributed by atoms with Crippen molar-refractivity contribution in [2.24, 2.45) is 0 Å². The average Bonchev–Trinajstić information content (AvgIpc) is 3.26. The van der Waals surface area contributed by atoms with Gasteiger partial charge in [-0.1, -0.05) is 201 Å². The van der Waals surface area contributed by atoms with E-state index in [0.717, 1.165) is 116 Å². The summed E-state index contributed by atoms with van der Waals surface area (Å²) in [6.07, 6.45) is 41.9. The van der Waals surface area contributed by atoms with E-state index in [0.29, 0.717) is 46.1 Å². The lowest BCUT2D eigenvalue weighted by atomic mass is 10.1. The predicted molar refractivity (Wildman–Crippen MR) is 267 cm³/mol. The highest BCUT2D eigenvalue weighted by Crippen LogP contribution is 2.45. The SMILES string of the molecule is CCCCCCCCCNP(=O)(OCCCCCCCCC)OCCCCCCCN(CCO)CCCCCOP(=O)(NCCCCCCCCC)OCCCCCCCCC. The number of nitrogens with zero attached hydrogens (tertiary/aromatic N) is 1. The standard InChI is InChI=1S/C50H107N3O7P2/c1-5-9-13-17-21-26-33-41-51-61(55,57-47-37-29-23-19-15-11-7-3)59-49-39-31-25-28-35-43-53(45-46-54)44-36-32-40-50-60-62(56,52-42-34-27-22-18-14-10-6-2)58-48-38-30-24-20-16-12-8-4/h54H,5-50H2,1-4H3,(H,51,55)(H,52,56). The molecule has 2 unspecified atom stereocenters. The summed E-state index contributed by atoms with van der Waals surface area (Å²) < 4.78 is 50.9. The predicted octanol–water partition coefficient (Wildman–Crippen LogP) is 15.9. The summed E-state index contributed by atoms with van der Waals surface area (Å²) >= 11 is 0. The third kappa shape index (κ3) is 44.0. The van der Waals surface area contributed by atoms with Gasteiger partial charge in [-0.25, -0.2) is 19.3 Å². The second kappa shape index (κ2) is 49.1. The minimum atomic E-state index is -3.31. The van der Waals surface area contributed by atoms with E-state index >= 15 is 0 Å². The Morgan fingerprint density at radius 2 is 0.581 bits per heavy atom. The largest absolute Gasteiger partial charge is 0.405 e. The summed E-state index contributed by atoms with van der Waals surface area (Å²) in [6.45, 7) is 14.9. The van der Waals surface area contributed by atoms with E-state index in [4.69, 9.17) is 18.1 Å². The molecule has 0 heterocycles. The number of aliphatic hydroxyl groups is 1. The summed E-state index contributed by atoms with van der Waals surface area (Å²) in [5.74, 6) is 0. The fourth-order valence-electron chi connectivity index (χ4n) is 7.77. The van der Waals surface area contributed by atoms with Gasteiger partial charge >= 0.3 is 15.5 Å². The fraction of sp³-hybridized carbons (Fsp3) is 1.00. The first-order chi connectivity index (χ1) is 30.4. The van der Waals surface area contributed by atoms with Crippen LogP contribution in [0.15, 0.2) is 0 Å². The highest BCUT2D eigenvalue weighted by atomic mass is 31.2. The number of rotatable bonds is 54. The molecule has 0 fully saturated rings. The Labute approximate surface area is 386 Å². The van der Waals surface area contributed by atoms with E-state index in [-0.39, 0.29) is 6.61 Å². The normalized spacial score (nSPS) is 13.9.